The molecule has 0 radical (unpaired) electrons. The second kappa shape index (κ2) is 6.10. The normalized spacial score (nSPS) is 15.1. The van der Waals surface area contributed by atoms with E-state index < -0.39 is 5.97 Å². The van der Waals surface area contributed by atoms with Gasteiger partial charge in [0.1, 0.15) is 0 Å². The van der Waals surface area contributed by atoms with E-state index >= 15 is 0 Å². The lowest BCUT2D eigenvalue weighted by Crippen LogP contribution is -2.36. The van der Waals surface area contributed by atoms with Crippen molar-refractivity contribution >= 4 is 27.6 Å². The van der Waals surface area contributed by atoms with Gasteiger partial charge in [0.05, 0.1) is 18.9 Å². The van der Waals surface area contributed by atoms with Gasteiger partial charge in [0.25, 0.3) is 0 Å². The van der Waals surface area contributed by atoms with Crippen LogP contribution in [0.15, 0.2) is 28.7 Å². The van der Waals surface area contributed by atoms with Crippen LogP contribution in [0, 0.1) is 0 Å². The summed E-state index contributed by atoms with van der Waals surface area (Å²) in [5, 5.41) is 13.2. The van der Waals surface area contributed by atoms with Crippen LogP contribution >= 0.6 is 15.9 Å². The Balaban J connectivity index is 2.09. The SMILES string of the molecule is Cn1nc(C(=O)O)cc1-c1cc(Br)ccc1N1CCOCC1. The molecule has 0 saturated carbocycles. The number of rotatable bonds is 3. The van der Waals surface area contributed by atoms with Crippen molar-refractivity contribution in [3.63, 3.8) is 0 Å². The molecule has 2 heterocycles. The molecule has 0 atom stereocenters. The van der Waals surface area contributed by atoms with Gasteiger partial charge in [-0.1, -0.05) is 15.9 Å². The van der Waals surface area contributed by atoms with E-state index in [4.69, 9.17) is 9.84 Å². The van der Waals surface area contributed by atoms with Crippen LogP contribution in [-0.2, 0) is 11.8 Å². The van der Waals surface area contributed by atoms with Gasteiger partial charge >= 0.3 is 5.97 Å². The molecule has 1 aliphatic heterocycles. The highest BCUT2D eigenvalue weighted by atomic mass is 79.9. The lowest BCUT2D eigenvalue weighted by atomic mass is 10.1. The number of nitrogens with zero attached hydrogens (tertiary/aromatic N) is 3. The van der Waals surface area contributed by atoms with Gasteiger partial charge in [0.2, 0.25) is 0 Å². The van der Waals surface area contributed by atoms with Crippen molar-refractivity contribution in [2.45, 2.75) is 0 Å². The monoisotopic (exact) mass is 365 g/mol. The van der Waals surface area contributed by atoms with Crippen LogP contribution in [0.25, 0.3) is 11.3 Å². The maximum Gasteiger partial charge on any atom is 0.356 e. The van der Waals surface area contributed by atoms with Crippen molar-refractivity contribution in [2.24, 2.45) is 7.05 Å². The molecule has 0 spiro atoms. The maximum atomic E-state index is 11.1. The number of carbonyl (C=O) groups is 1. The number of aryl methyl sites for hydroxylation is 1. The van der Waals surface area contributed by atoms with E-state index in [2.05, 4.69) is 25.9 Å². The average molecular weight is 366 g/mol. The molecule has 7 heteroatoms. The van der Waals surface area contributed by atoms with Gasteiger partial charge in [-0.3, -0.25) is 4.68 Å². The first-order chi connectivity index (χ1) is 10.6. The first-order valence-corrected chi connectivity index (χ1v) is 7.75. The fourth-order valence-corrected chi connectivity index (χ4v) is 2.98. The highest BCUT2D eigenvalue weighted by Gasteiger charge is 2.20. The first kappa shape index (κ1) is 15.1. The largest absolute Gasteiger partial charge is 0.476 e. The Morgan fingerprint density at radius 1 is 1.32 bits per heavy atom. The summed E-state index contributed by atoms with van der Waals surface area (Å²) in [5.41, 5.74) is 2.84. The molecular weight excluding hydrogens is 350 g/mol. The van der Waals surface area contributed by atoms with Gasteiger partial charge in [-0.2, -0.15) is 5.10 Å². The summed E-state index contributed by atoms with van der Waals surface area (Å²) in [7, 11) is 1.76. The van der Waals surface area contributed by atoms with Crippen molar-refractivity contribution in [2.75, 3.05) is 31.2 Å². The summed E-state index contributed by atoms with van der Waals surface area (Å²) in [5.74, 6) is -1.02. The number of hydrogen-bond donors (Lipinski definition) is 1. The van der Waals surface area contributed by atoms with Crippen molar-refractivity contribution in [1.29, 1.82) is 0 Å². The highest BCUT2D eigenvalue weighted by molar-refractivity contribution is 9.10. The number of anilines is 1. The zero-order valence-electron chi connectivity index (χ0n) is 12.1. The van der Waals surface area contributed by atoms with Crippen LogP contribution in [0.2, 0.25) is 0 Å². The minimum atomic E-state index is -1.02. The third-order valence-electron chi connectivity index (χ3n) is 3.69. The van der Waals surface area contributed by atoms with Gasteiger partial charge in [0.15, 0.2) is 5.69 Å². The molecule has 0 unspecified atom stereocenters. The summed E-state index contributed by atoms with van der Waals surface area (Å²) in [6.07, 6.45) is 0. The molecule has 1 aromatic heterocycles. The van der Waals surface area contributed by atoms with Gasteiger partial charge in [0, 0.05) is 35.9 Å². The molecule has 1 fully saturated rings. The maximum absolute atomic E-state index is 11.1. The van der Waals surface area contributed by atoms with E-state index in [0.29, 0.717) is 13.2 Å². The Morgan fingerprint density at radius 3 is 2.68 bits per heavy atom. The van der Waals surface area contributed by atoms with Gasteiger partial charge < -0.3 is 14.7 Å². The number of aromatic nitrogens is 2. The van der Waals surface area contributed by atoms with Crippen LogP contribution < -0.4 is 4.90 Å². The van der Waals surface area contributed by atoms with Gasteiger partial charge in [-0.15, -0.1) is 0 Å². The average Bonchev–Trinajstić information content (AvgIpc) is 2.90. The summed E-state index contributed by atoms with van der Waals surface area (Å²) in [6.45, 7) is 3.03. The molecule has 0 bridgehead atoms. The molecule has 1 aromatic carbocycles. The number of carboxylic acid groups (broad SMARTS) is 1. The van der Waals surface area contributed by atoms with Crippen molar-refractivity contribution < 1.29 is 14.6 Å². The molecule has 116 valence electrons. The molecule has 1 N–H and O–H groups in total. The quantitative estimate of drug-likeness (QED) is 0.904. The van der Waals surface area contributed by atoms with E-state index in [1.807, 2.05) is 18.2 Å². The fraction of sp³-hybridized carbons (Fsp3) is 0.333. The molecule has 6 nitrogen and oxygen atoms in total. The third-order valence-corrected chi connectivity index (χ3v) is 4.18. The van der Waals surface area contributed by atoms with Crippen LogP contribution in [0.3, 0.4) is 0 Å². The predicted octanol–water partition coefficient (Wildman–Crippen LogP) is 2.38. The number of aromatic carboxylic acids is 1. The third kappa shape index (κ3) is 2.86. The van der Waals surface area contributed by atoms with Crippen LogP contribution in [-0.4, -0.2) is 47.2 Å². The lowest BCUT2D eigenvalue weighted by molar-refractivity contribution is 0.0689. The molecule has 3 rings (SSSR count). The Bertz CT molecular complexity index is 708. The second-order valence-corrected chi connectivity index (χ2v) is 6.02. The Kier molecular flexibility index (Phi) is 4.17. The minimum Gasteiger partial charge on any atom is -0.476 e. The van der Waals surface area contributed by atoms with E-state index in [0.717, 1.165) is 34.5 Å². The zero-order chi connectivity index (χ0) is 15.7. The number of carboxylic acids is 1. The molecule has 0 aliphatic carbocycles. The molecule has 2 aromatic rings. The lowest BCUT2D eigenvalue weighted by Gasteiger charge is -2.30. The summed E-state index contributed by atoms with van der Waals surface area (Å²) in [6, 6.07) is 7.63. The summed E-state index contributed by atoms with van der Waals surface area (Å²) in [4.78, 5) is 13.4. The van der Waals surface area contributed by atoms with Crippen molar-refractivity contribution in [1.82, 2.24) is 9.78 Å². The molecule has 22 heavy (non-hydrogen) atoms. The number of hydrogen-bond acceptors (Lipinski definition) is 4. The van der Waals surface area contributed by atoms with Crippen LogP contribution in [0.5, 0.6) is 0 Å². The van der Waals surface area contributed by atoms with Crippen molar-refractivity contribution in [3.05, 3.63) is 34.4 Å². The smallest absolute Gasteiger partial charge is 0.356 e. The van der Waals surface area contributed by atoms with E-state index in [1.165, 1.54) is 0 Å². The summed E-state index contributed by atoms with van der Waals surface area (Å²) >= 11 is 3.49. The molecule has 1 aliphatic rings. The van der Waals surface area contributed by atoms with E-state index in [-0.39, 0.29) is 5.69 Å². The Hall–Kier alpha value is -1.86. The minimum absolute atomic E-state index is 0.0467. The van der Waals surface area contributed by atoms with Crippen molar-refractivity contribution in [3.8, 4) is 11.3 Å². The number of morpholine rings is 1. The Morgan fingerprint density at radius 2 is 2.05 bits per heavy atom. The van der Waals surface area contributed by atoms with E-state index in [1.54, 1.807) is 17.8 Å². The van der Waals surface area contributed by atoms with E-state index in [9.17, 15) is 4.79 Å². The number of halogens is 1. The number of ether oxygens (including phenoxy) is 1. The molecule has 1 saturated heterocycles. The van der Waals surface area contributed by atoms with Crippen LogP contribution in [0.4, 0.5) is 5.69 Å². The fourth-order valence-electron chi connectivity index (χ4n) is 2.62. The standard InChI is InChI=1S/C15H16BrN3O3/c1-18-14(9-12(17-18)15(20)21)11-8-10(16)2-3-13(11)19-4-6-22-7-5-19/h2-3,8-9H,4-7H2,1H3,(H,20,21). The predicted molar refractivity (Wildman–Crippen MR) is 86.3 cm³/mol. The second-order valence-electron chi connectivity index (χ2n) is 5.10. The molecule has 0 amide bonds. The first-order valence-electron chi connectivity index (χ1n) is 6.96. The van der Waals surface area contributed by atoms with Crippen LogP contribution in [0.1, 0.15) is 10.5 Å². The van der Waals surface area contributed by atoms with Gasteiger partial charge in [-0.25, -0.2) is 4.79 Å². The topological polar surface area (TPSA) is 67.6 Å². The number of benzene rings is 1. The van der Waals surface area contributed by atoms with Gasteiger partial charge in [-0.05, 0) is 24.3 Å². The zero-order valence-corrected chi connectivity index (χ0v) is 13.7. The molecular formula is C15H16BrN3O3. The summed E-state index contributed by atoms with van der Waals surface area (Å²) < 4.78 is 7.95. The highest BCUT2D eigenvalue weighted by Crippen LogP contribution is 2.34. The Labute approximate surface area is 136 Å².